The molecule has 0 fully saturated rings. The van der Waals surface area contributed by atoms with Gasteiger partial charge < -0.3 is 14.8 Å². The zero-order valence-electron chi connectivity index (χ0n) is 12.3. The summed E-state index contributed by atoms with van der Waals surface area (Å²) in [5, 5.41) is 3.31. The predicted octanol–water partition coefficient (Wildman–Crippen LogP) is 4.09. The third kappa shape index (κ3) is 4.16. The number of hydrogen-bond acceptors (Lipinski definition) is 4. The maximum Gasteiger partial charge on any atom is 0.221 e. The molecule has 0 unspecified atom stereocenters. The lowest BCUT2D eigenvalue weighted by molar-refractivity contribution is 0.412. The quantitative estimate of drug-likeness (QED) is 0.910. The van der Waals surface area contributed by atoms with Crippen molar-refractivity contribution in [3.8, 4) is 17.4 Å². The van der Waals surface area contributed by atoms with Crippen molar-refractivity contribution in [3.05, 3.63) is 42.5 Å². The van der Waals surface area contributed by atoms with Crippen molar-refractivity contribution in [2.75, 3.05) is 12.4 Å². The average molecular weight is 272 g/mol. The fraction of sp³-hybridized carbons (Fsp3) is 0.312. The van der Waals surface area contributed by atoms with Gasteiger partial charge in [0.2, 0.25) is 5.88 Å². The Morgan fingerprint density at radius 3 is 2.20 bits per heavy atom. The number of methoxy groups -OCH3 is 1. The molecule has 0 radical (unpaired) electrons. The number of benzene rings is 1. The minimum atomic E-state index is -0.0360. The summed E-state index contributed by atoms with van der Waals surface area (Å²) < 4.78 is 10.8. The molecule has 20 heavy (non-hydrogen) atoms. The van der Waals surface area contributed by atoms with Crippen LogP contribution in [0.15, 0.2) is 42.5 Å². The van der Waals surface area contributed by atoms with Crippen molar-refractivity contribution < 1.29 is 9.47 Å². The first kappa shape index (κ1) is 14.2. The molecule has 1 aromatic carbocycles. The van der Waals surface area contributed by atoms with Crippen molar-refractivity contribution in [1.82, 2.24) is 4.98 Å². The van der Waals surface area contributed by atoms with E-state index >= 15 is 0 Å². The second kappa shape index (κ2) is 5.82. The van der Waals surface area contributed by atoms with Gasteiger partial charge in [-0.3, -0.25) is 0 Å². The number of rotatable bonds is 4. The highest BCUT2D eigenvalue weighted by Crippen LogP contribution is 2.23. The average Bonchev–Trinajstić information content (AvgIpc) is 2.38. The van der Waals surface area contributed by atoms with Crippen LogP contribution in [0, 0.1) is 0 Å². The van der Waals surface area contributed by atoms with Gasteiger partial charge in [0.25, 0.3) is 0 Å². The standard InChI is InChI=1S/C16H20N2O2/c1-16(2,3)18-14-6-5-7-15(17-14)20-13-10-8-12(19-4)9-11-13/h5-11H,1-4H3,(H,17,18). The van der Waals surface area contributed by atoms with E-state index in [0.29, 0.717) is 5.88 Å². The molecule has 2 rings (SSSR count). The minimum absolute atomic E-state index is 0.0360. The van der Waals surface area contributed by atoms with Gasteiger partial charge in [0, 0.05) is 11.6 Å². The highest BCUT2D eigenvalue weighted by atomic mass is 16.5. The zero-order chi connectivity index (χ0) is 14.6. The number of nitrogens with zero attached hydrogens (tertiary/aromatic N) is 1. The topological polar surface area (TPSA) is 43.4 Å². The molecular formula is C16H20N2O2. The van der Waals surface area contributed by atoms with E-state index in [1.54, 1.807) is 7.11 Å². The van der Waals surface area contributed by atoms with Gasteiger partial charge in [-0.05, 0) is 51.1 Å². The number of aromatic nitrogens is 1. The summed E-state index contributed by atoms with van der Waals surface area (Å²) in [6.45, 7) is 6.27. The van der Waals surface area contributed by atoms with E-state index in [4.69, 9.17) is 9.47 Å². The number of pyridine rings is 1. The first-order valence-electron chi connectivity index (χ1n) is 6.53. The van der Waals surface area contributed by atoms with E-state index in [2.05, 4.69) is 31.1 Å². The molecular weight excluding hydrogens is 252 g/mol. The second-order valence-corrected chi connectivity index (χ2v) is 5.51. The molecule has 4 heteroatoms. The van der Waals surface area contributed by atoms with Crippen LogP contribution in [0.2, 0.25) is 0 Å². The zero-order valence-corrected chi connectivity index (χ0v) is 12.3. The van der Waals surface area contributed by atoms with Crippen LogP contribution in [0.25, 0.3) is 0 Å². The number of hydrogen-bond donors (Lipinski definition) is 1. The third-order valence-corrected chi connectivity index (χ3v) is 2.51. The molecule has 0 aliphatic rings. The highest BCUT2D eigenvalue weighted by Gasteiger charge is 2.10. The van der Waals surface area contributed by atoms with E-state index in [1.807, 2.05) is 42.5 Å². The monoisotopic (exact) mass is 272 g/mol. The fourth-order valence-corrected chi connectivity index (χ4v) is 1.69. The molecule has 0 atom stereocenters. The molecule has 0 spiro atoms. The SMILES string of the molecule is COc1ccc(Oc2cccc(NC(C)(C)C)n2)cc1. The Balaban J connectivity index is 2.10. The molecule has 2 aromatic rings. The van der Waals surface area contributed by atoms with Crippen LogP contribution in [0.4, 0.5) is 5.82 Å². The van der Waals surface area contributed by atoms with Gasteiger partial charge in [-0.1, -0.05) is 6.07 Å². The Kier molecular flexibility index (Phi) is 4.13. The molecule has 1 aromatic heterocycles. The van der Waals surface area contributed by atoms with Crippen molar-refractivity contribution in [3.63, 3.8) is 0 Å². The lowest BCUT2D eigenvalue weighted by atomic mass is 10.1. The molecule has 0 bridgehead atoms. The molecule has 0 saturated carbocycles. The van der Waals surface area contributed by atoms with Crippen molar-refractivity contribution in [1.29, 1.82) is 0 Å². The molecule has 1 heterocycles. The van der Waals surface area contributed by atoms with Gasteiger partial charge in [0.05, 0.1) is 7.11 Å². The summed E-state index contributed by atoms with van der Waals surface area (Å²) in [7, 11) is 1.64. The maximum atomic E-state index is 5.73. The van der Waals surface area contributed by atoms with Crippen LogP contribution >= 0.6 is 0 Å². The molecule has 0 saturated heterocycles. The van der Waals surface area contributed by atoms with Gasteiger partial charge in [-0.25, -0.2) is 0 Å². The largest absolute Gasteiger partial charge is 0.497 e. The van der Waals surface area contributed by atoms with Gasteiger partial charge in [-0.15, -0.1) is 0 Å². The summed E-state index contributed by atoms with van der Waals surface area (Å²) in [6, 6.07) is 13.1. The molecule has 106 valence electrons. The van der Waals surface area contributed by atoms with E-state index < -0.39 is 0 Å². The van der Waals surface area contributed by atoms with Gasteiger partial charge >= 0.3 is 0 Å². The number of ether oxygens (including phenoxy) is 2. The van der Waals surface area contributed by atoms with Crippen LogP contribution in [-0.4, -0.2) is 17.6 Å². The van der Waals surface area contributed by atoms with Gasteiger partial charge in [0.1, 0.15) is 17.3 Å². The Labute approximate surface area is 119 Å². The fourth-order valence-electron chi connectivity index (χ4n) is 1.69. The lowest BCUT2D eigenvalue weighted by Crippen LogP contribution is -2.26. The van der Waals surface area contributed by atoms with Gasteiger partial charge in [0.15, 0.2) is 0 Å². The number of nitrogens with one attached hydrogen (secondary N) is 1. The first-order chi connectivity index (χ1) is 9.46. The van der Waals surface area contributed by atoms with E-state index in [9.17, 15) is 0 Å². The summed E-state index contributed by atoms with van der Waals surface area (Å²) in [5.74, 6) is 2.88. The Hall–Kier alpha value is -2.23. The lowest BCUT2D eigenvalue weighted by Gasteiger charge is -2.21. The second-order valence-electron chi connectivity index (χ2n) is 5.51. The summed E-state index contributed by atoms with van der Waals surface area (Å²) in [5.41, 5.74) is -0.0360. The van der Waals surface area contributed by atoms with E-state index in [1.165, 1.54) is 0 Å². The Bertz CT molecular complexity index is 559. The van der Waals surface area contributed by atoms with Crippen LogP contribution in [0.5, 0.6) is 17.4 Å². The van der Waals surface area contributed by atoms with Crippen LogP contribution in [-0.2, 0) is 0 Å². The van der Waals surface area contributed by atoms with E-state index in [-0.39, 0.29) is 5.54 Å². The van der Waals surface area contributed by atoms with Gasteiger partial charge in [-0.2, -0.15) is 4.98 Å². The highest BCUT2D eigenvalue weighted by molar-refractivity contribution is 5.41. The Morgan fingerprint density at radius 2 is 1.60 bits per heavy atom. The minimum Gasteiger partial charge on any atom is -0.497 e. The molecule has 0 amide bonds. The summed E-state index contributed by atoms with van der Waals surface area (Å²) in [6.07, 6.45) is 0. The number of anilines is 1. The van der Waals surface area contributed by atoms with E-state index in [0.717, 1.165) is 17.3 Å². The van der Waals surface area contributed by atoms with Crippen molar-refractivity contribution in [2.24, 2.45) is 0 Å². The van der Waals surface area contributed by atoms with Crippen molar-refractivity contribution in [2.45, 2.75) is 26.3 Å². The first-order valence-corrected chi connectivity index (χ1v) is 6.53. The molecule has 4 nitrogen and oxygen atoms in total. The van der Waals surface area contributed by atoms with Crippen LogP contribution < -0.4 is 14.8 Å². The summed E-state index contributed by atoms with van der Waals surface area (Å²) >= 11 is 0. The smallest absolute Gasteiger partial charge is 0.221 e. The van der Waals surface area contributed by atoms with Crippen LogP contribution in [0.1, 0.15) is 20.8 Å². The molecule has 1 N–H and O–H groups in total. The predicted molar refractivity (Wildman–Crippen MR) is 80.7 cm³/mol. The molecule has 0 aliphatic heterocycles. The third-order valence-electron chi connectivity index (χ3n) is 2.51. The van der Waals surface area contributed by atoms with Crippen molar-refractivity contribution >= 4 is 5.82 Å². The normalized spacial score (nSPS) is 11.0. The summed E-state index contributed by atoms with van der Waals surface area (Å²) in [4.78, 5) is 4.43. The maximum absolute atomic E-state index is 5.73. The van der Waals surface area contributed by atoms with Crippen LogP contribution in [0.3, 0.4) is 0 Å². The molecule has 0 aliphatic carbocycles. The Morgan fingerprint density at radius 1 is 0.950 bits per heavy atom.